The lowest BCUT2D eigenvalue weighted by atomic mass is 9.87. The van der Waals surface area contributed by atoms with Crippen LogP contribution in [0.2, 0.25) is 0 Å². The normalized spacial score (nSPS) is 21.7. The van der Waals surface area contributed by atoms with Gasteiger partial charge in [-0.15, -0.1) is 12.4 Å². The van der Waals surface area contributed by atoms with Gasteiger partial charge in [-0.2, -0.15) is 0 Å². The minimum atomic E-state index is 0. The number of benzene rings is 1. The first-order valence-corrected chi connectivity index (χ1v) is 7.53. The van der Waals surface area contributed by atoms with E-state index >= 15 is 0 Å². The fraction of sp³-hybridized carbons (Fsp3) is 0.588. The summed E-state index contributed by atoms with van der Waals surface area (Å²) >= 11 is 0. The third-order valence-corrected chi connectivity index (χ3v) is 4.32. The molecule has 1 aliphatic rings. The lowest BCUT2D eigenvalue weighted by Crippen LogP contribution is -2.29. The first-order valence-electron chi connectivity index (χ1n) is 7.53. The van der Waals surface area contributed by atoms with Gasteiger partial charge in [0.25, 0.3) is 0 Å². The molecule has 0 spiro atoms. The van der Waals surface area contributed by atoms with Crippen LogP contribution in [0.3, 0.4) is 0 Å². The molecule has 1 saturated carbocycles. The first-order chi connectivity index (χ1) is 9.41. The highest BCUT2D eigenvalue weighted by atomic mass is 35.5. The van der Waals surface area contributed by atoms with Gasteiger partial charge in [0, 0.05) is 11.6 Å². The average molecular weight is 311 g/mol. The van der Waals surface area contributed by atoms with Gasteiger partial charge in [-0.25, -0.2) is 0 Å². The van der Waals surface area contributed by atoms with Gasteiger partial charge in [0.1, 0.15) is 0 Å². The van der Waals surface area contributed by atoms with E-state index in [4.69, 9.17) is 5.73 Å². The summed E-state index contributed by atoms with van der Waals surface area (Å²) in [6.07, 6.45) is 3.16. The molecule has 3 nitrogen and oxygen atoms in total. The van der Waals surface area contributed by atoms with Crippen LogP contribution in [0.15, 0.2) is 24.3 Å². The van der Waals surface area contributed by atoms with Crippen molar-refractivity contribution < 1.29 is 4.79 Å². The third kappa shape index (κ3) is 4.45. The van der Waals surface area contributed by atoms with Gasteiger partial charge in [0.05, 0.1) is 0 Å². The van der Waals surface area contributed by atoms with E-state index < -0.39 is 0 Å². The van der Waals surface area contributed by atoms with Crippen molar-refractivity contribution >= 4 is 24.0 Å². The van der Waals surface area contributed by atoms with Gasteiger partial charge in [0.15, 0.2) is 0 Å². The van der Waals surface area contributed by atoms with E-state index in [1.165, 1.54) is 5.56 Å². The molecule has 0 radical (unpaired) electrons. The van der Waals surface area contributed by atoms with Crippen molar-refractivity contribution in [3.63, 3.8) is 0 Å². The molecule has 0 bridgehead atoms. The molecule has 1 amide bonds. The maximum absolute atomic E-state index is 12.3. The number of nitrogens with two attached hydrogens (primary N) is 1. The van der Waals surface area contributed by atoms with Crippen LogP contribution >= 0.6 is 12.4 Å². The Bertz CT molecular complexity index is 465. The van der Waals surface area contributed by atoms with Crippen LogP contribution in [0, 0.1) is 11.8 Å². The molecule has 0 aliphatic heterocycles. The number of carbonyl (C=O) groups excluding carboxylic acids is 1. The van der Waals surface area contributed by atoms with Gasteiger partial charge < -0.3 is 11.1 Å². The standard InChI is InChI=1S/C17H26N2O.ClH/c1-17(2,3)13-7-9-14(10-8-13)19-16(20)15-6-4-5-12(15)11-18;/h7-10,12,15H,4-6,11,18H2,1-3H3,(H,19,20);1H/t12-,15-;/m1./s1. The summed E-state index contributed by atoms with van der Waals surface area (Å²) in [5.74, 6) is 0.563. The Morgan fingerprint density at radius 1 is 1.24 bits per heavy atom. The fourth-order valence-electron chi connectivity index (χ4n) is 2.95. The largest absolute Gasteiger partial charge is 0.330 e. The molecule has 1 aromatic carbocycles. The molecule has 2 atom stereocenters. The van der Waals surface area contributed by atoms with Gasteiger partial charge >= 0.3 is 0 Å². The van der Waals surface area contributed by atoms with Gasteiger partial charge in [-0.05, 0) is 48.4 Å². The Morgan fingerprint density at radius 2 is 1.86 bits per heavy atom. The van der Waals surface area contributed by atoms with E-state index in [2.05, 4.69) is 38.2 Å². The Labute approximate surface area is 134 Å². The molecule has 118 valence electrons. The summed E-state index contributed by atoms with van der Waals surface area (Å²) in [4.78, 5) is 12.3. The van der Waals surface area contributed by atoms with Gasteiger partial charge in [-0.1, -0.05) is 39.3 Å². The van der Waals surface area contributed by atoms with E-state index in [1.807, 2.05) is 12.1 Å². The maximum atomic E-state index is 12.3. The number of rotatable bonds is 3. The zero-order valence-corrected chi connectivity index (χ0v) is 14.0. The van der Waals surface area contributed by atoms with Crippen molar-refractivity contribution in [2.75, 3.05) is 11.9 Å². The lowest BCUT2D eigenvalue weighted by Gasteiger charge is -2.20. The van der Waals surface area contributed by atoms with Crippen molar-refractivity contribution in [1.82, 2.24) is 0 Å². The molecule has 21 heavy (non-hydrogen) atoms. The molecule has 1 fully saturated rings. The number of halogens is 1. The monoisotopic (exact) mass is 310 g/mol. The molecule has 0 saturated heterocycles. The zero-order valence-electron chi connectivity index (χ0n) is 13.2. The Balaban J connectivity index is 0.00000220. The fourth-order valence-corrected chi connectivity index (χ4v) is 2.95. The smallest absolute Gasteiger partial charge is 0.227 e. The summed E-state index contributed by atoms with van der Waals surface area (Å²) in [5.41, 5.74) is 8.04. The van der Waals surface area contributed by atoms with Crippen molar-refractivity contribution in [3.8, 4) is 0 Å². The topological polar surface area (TPSA) is 55.1 Å². The minimum Gasteiger partial charge on any atom is -0.330 e. The van der Waals surface area contributed by atoms with E-state index in [9.17, 15) is 4.79 Å². The van der Waals surface area contributed by atoms with E-state index in [0.29, 0.717) is 12.5 Å². The van der Waals surface area contributed by atoms with Crippen LogP contribution in [0.25, 0.3) is 0 Å². The Kier molecular flexibility index (Phi) is 6.24. The Hall–Kier alpha value is -1.06. The summed E-state index contributed by atoms with van der Waals surface area (Å²) in [6.45, 7) is 7.17. The first kappa shape index (κ1) is 18.0. The van der Waals surface area contributed by atoms with Crippen molar-refractivity contribution in [3.05, 3.63) is 29.8 Å². The maximum Gasteiger partial charge on any atom is 0.227 e. The van der Waals surface area contributed by atoms with Crippen LogP contribution in [-0.4, -0.2) is 12.5 Å². The summed E-state index contributed by atoms with van der Waals surface area (Å²) in [7, 11) is 0. The molecule has 0 heterocycles. The summed E-state index contributed by atoms with van der Waals surface area (Å²) in [5, 5.41) is 3.03. The molecule has 1 aliphatic carbocycles. The zero-order chi connectivity index (χ0) is 14.8. The highest BCUT2D eigenvalue weighted by Crippen LogP contribution is 2.32. The lowest BCUT2D eigenvalue weighted by molar-refractivity contribution is -0.120. The number of nitrogens with one attached hydrogen (secondary N) is 1. The molecule has 1 aromatic rings. The second kappa shape index (κ2) is 7.28. The highest BCUT2D eigenvalue weighted by Gasteiger charge is 2.31. The second-order valence-electron chi connectivity index (χ2n) is 6.85. The molecular weight excluding hydrogens is 284 g/mol. The number of hydrogen-bond donors (Lipinski definition) is 2. The van der Waals surface area contributed by atoms with E-state index in [-0.39, 0.29) is 29.6 Å². The molecule has 4 heteroatoms. The predicted octanol–water partition coefficient (Wildman–Crippen LogP) is 3.72. The van der Waals surface area contributed by atoms with Crippen LogP contribution in [0.4, 0.5) is 5.69 Å². The van der Waals surface area contributed by atoms with Crippen LogP contribution in [-0.2, 0) is 10.2 Å². The minimum absolute atomic E-state index is 0. The van der Waals surface area contributed by atoms with Gasteiger partial charge in [-0.3, -0.25) is 4.79 Å². The third-order valence-electron chi connectivity index (χ3n) is 4.32. The number of carbonyl (C=O) groups is 1. The van der Waals surface area contributed by atoms with Crippen molar-refractivity contribution in [2.24, 2.45) is 17.6 Å². The Morgan fingerprint density at radius 3 is 2.38 bits per heavy atom. The molecule has 2 rings (SSSR count). The predicted molar refractivity (Wildman–Crippen MR) is 90.9 cm³/mol. The highest BCUT2D eigenvalue weighted by molar-refractivity contribution is 5.92. The molecule has 0 aromatic heterocycles. The summed E-state index contributed by atoms with van der Waals surface area (Å²) < 4.78 is 0. The molecule has 0 unspecified atom stereocenters. The SMILES string of the molecule is CC(C)(C)c1ccc(NC(=O)[C@@H]2CCC[C@@H]2CN)cc1.Cl. The van der Waals surface area contributed by atoms with Crippen LogP contribution in [0.1, 0.15) is 45.6 Å². The number of anilines is 1. The van der Waals surface area contributed by atoms with Crippen LogP contribution < -0.4 is 11.1 Å². The van der Waals surface area contributed by atoms with Gasteiger partial charge in [0.2, 0.25) is 5.91 Å². The quantitative estimate of drug-likeness (QED) is 0.894. The van der Waals surface area contributed by atoms with Crippen LogP contribution in [0.5, 0.6) is 0 Å². The van der Waals surface area contributed by atoms with E-state index in [1.54, 1.807) is 0 Å². The van der Waals surface area contributed by atoms with Crippen molar-refractivity contribution in [1.29, 1.82) is 0 Å². The number of amides is 1. The summed E-state index contributed by atoms with van der Waals surface area (Å²) in [6, 6.07) is 8.16. The second-order valence-corrected chi connectivity index (χ2v) is 6.85. The molecular formula is C17H27ClN2O. The molecule has 3 N–H and O–H groups in total. The number of hydrogen-bond acceptors (Lipinski definition) is 2. The van der Waals surface area contributed by atoms with Crippen molar-refractivity contribution in [2.45, 2.75) is 45.4 Å². The van der Waals surface area contributed by atoms with E-state index in [0.717, 1.165) is 24.9 Å². The average Bonchev–Trinajstić information content (AvgIpc) is 2.86.